The summed E-state index contributed by atoms with van der Waals surface area (Å²) in [5, 5.41) is 37.2. The van der Waals surface area contributed by atoms with Crippen molar-refractivity contribution in [3.8, 4) is 0 Å². The maximum atomic E-state index is 10.8. The van der Waals surface area contributed by atoms with Crippen LogP contribution in [0.5, 0.6) is 0 Å². The zero-order valence-electron chi connectivity index (χ0n) is 10.4. The van der Waals surface area contributed by atoms with Crippen molar-refractivity contribution in [1.82, 2.24) is 4.90 Å². The van der Waals surface area contributed by atoms with Crippen LogP contribution in [-0.4, -0.2) is 69.3 Å². The van der Waals surface area contributed by atoms with Crippen LogP contribution in [0.2, 0.25) is 0 Å². The van der Waals surface area contributed by atoms with Crippen LogP contribution in [0.3, 0.4) is 0 Å². The molecule has 0 saturated heterocycles. The quantitative estimate of drug-likeness (QED) is 0.292. The first-order chi connectivity index (χ1) is 8.14. The molecule has 0 aliphatic carbocycles. The summed E-state index contributed by atoms with van der Waals surface area (Å²) in [6, 6.07) is 0. The fourth-order valence-electron chi connectivity index (χ4n) is 1.85. The van der Waals surface area contributed by atoms with Gasteiger partial charge in [0.05, 0.1) is 25.5 Å². The Morgan fingerprint density at radius 3 is 1.89 bits per heavy atom. The van der Waals surface area contributed by atoms with E-state index >= 15 is 0 Å². The van der Waals surface area contributed by atoms with Gasteiger partial charge >= 0.3 is 0 Å². The highest BCUT2D eigenvalue weighted by molar-refractivity contribution is 7.86. The molecule has 0 aromatic heterocycles. The second-order valence-corrected chi connectivity index (χ2v) is 5.98. The summed E-state index contributed by atoms with van der Waals surface area (Å²) in [6.45, 7) is 1.07. The van der Waals surface area contributed by atoms with Crippen LogP contribution in [0.15, 0.2) is 0 Å². The first kappa shape index (κ1) is 17.7. The Morgan fingerprint density at radius 2 is 1.67 bits per heavy atom. The van der Waals surface area contributed by atoms with E-state index in [1.807, 2.05) is 0 Å². The van der Waals surface area contributed by atoms with Gasteiger partial charge in [0, 0.05) is 0 Å². The summed E-state index contributed by atoms with van der Waals surface area (Å²) in [7, 11) is -5.10. The van der Waals surface area contributed by atoms with Gasteiger partial charge in [-0.05, 0) is 12.3 Å². The summed E-state index contributed by atoms with van der Waals surface area (Å²) in [4.78, 5) is 0.481. The molecular formula is C9H20NO7S-. The Morgan fingerprint density at radius 1 is 1.22 bits per heavy atom. The van der Waals surface area contributed by atoms with Gasteiger partial charge in [-0.15, -0.1) is 0 Å². The van der Waals surface area contributed by atoms with E-state index < -0.39 is 41.2 Å². The van der Waals surface area contributed by atoms with Crippen molar-refractivity contribution >= 4 is 10.1 Å². The van der Waals surface area contributed by atoms with E-state index in [9.17, 15) is 28.3 Å². The molecule has 0 fully saturated rings. The maximum Gasteiger partial charge on any atom is 0.202 e. The molecule has 0 amide bonds. The van der Waals surface area contributed by atoms with Crippen molar-refractivity contribution in [2.45, 2.75) is 31.4 Å². The van der Waals surface area contributed by atoms with E-state index in [1.165, 1.54) is 0 Å². The molecule has 0 aliphatic heterocycles. The molecule has 0 aromatic rings. The van der Waals surface area contributed by atoms with Crippen molar-refractivity contribution in [3.63, 3.8) is 0 Å². The van der Waals surface area contributed by atoms with E-state index in [1.54, 1.807) is 13.8 Å². The third-order valence-electron chi connectivity index (χ3n) is 2.66. The lowest BCUT2D eigenvalue weighted by Gasteiger charge is -2.44. The number of rotatable bonds is 8. The van der Waals surface area contributed by atoms with E-state index in [2.05, 4.69) is 0 Å². The van der Waals surface area contributed by atoms with Crippen LogP contribution < -0.4 is 0 Å². The van der Waals surface area contributed by atoms with Crippen LogP contribution in [0.25, 0.3) is 0 Å². The van der Waals surface area contributed by atoms with Crippen molar-refractivity contribution in [2.24, 2.45) is 5.92 Å². The van der Waals surface area contributed by atoms with Crippen molar-refractivity contribution in [1.29, 1.82) is 0 Å². The molecule has 9 heteroatoms. The number of aliphatic hydroxyl groups is 4. The molecule has 0 radical (unpaired) electrons. The van der Waals surface area contributed by atoms with Crippen LogP contribution in [0.4, 0.5) is 0 Å². The van der Waals surface area contributed by atoms with Gasteiger partial charge in [0.15, 0.2) is 0 Å². The zero-order valence-corrected chi connectivity index (χ0v) is 11.2. The topological polar surface area (TPSA) is 141 Å². The molecule has 18 heavy (non-hydrogen) atoms. The summed E-state index contributed by atoms with van der Waals surface area (Å²) in [6.07, 6.45) is 0.0904. The number of nitrogens with zero attached hydrogens (tertiary/aromatic N) is 1. The molecule has 1 atom stereocenters. The molecule has 0 spiro atoms. The largest absolute Gasteiger partial charge is 0.745 e. The van der Waals surface area contributed by atoms with Crippen molar-refractivity contribution in [3.05, 3.63) is 0 Å². The van der Waals surface area contributed by atoms with Gasteiger partial charge in [-0.2, -0.15) is 0 Å². The first-order valence-corrected chi connectivity index (χ1v) is 6.84. The fourth-order valence-corrected chi connectivity index (χ4v) is 2.45. The average Bonchev–Trinajstić information content (AvgIpc) is 2.26. The van der Waals surface area contributed by atoms with Gasteiger partial charge < -0.3 is 25.0 Å². The van der Waals surface area contributed by atoms with Gasteiger partial charge in [-0.3, -0.25) is 0 Å². The Labute approximate surface area is 106 Å². The predicted octanol–water partition coefficient (Wildman–Crippen LogP) is -2.17. The Balaban J connectivity index is 5.41. The Kier molecular flexibility index (Phi) is 6.65. The number of hydrogen-bond donors (Lipinski definition) is 4. The normalized spacial score (nSPS) is 15.4. The van der Waals surface area contributed by atoms with Gasteiger partial charge in [0.1, 0.15) is 10.1 Å². The summed E-state index contributed by atoms with van der Waals surface area (Å²) in [5.74, 6) is -0.0695. The standard InChI is InChI=1S/C9H21NO7S/c1-7(2)3-9(4-11,5-12)10(6-13)8(14)18(15,16)17/h7-8,11-14H,3-6H2,1-2H3,(H,15,16,17)/p-1. The third kappa shape index (κ3) is 4.12. The second-order valence-electron chi connectivity index (χ2n) is 4.57. The highest BCUT2D eigenvalue weighted by atomic mass is 32.2. The smallest absolute Gasteiger partial charge is 0.202 e. The van der Waals surface area contributed by atoms with Crippen LogP contribution in [0, 0.1) is 5.92 Å². The Bertz CT molecular complexity index is 339. The molecule has 110 valence electrons. The minimum atomic E-state index is -5.10. The monoisotopic (exact) mass is 286 g/mol. The van der Waals surface area contributed by atoms with E-state index in [-0.39, 0.29) is 12.3 Å². The van der Waals surface area contributed by atoms with E-state index in [0.717, 1.165) is 0 Å². The molecule has 1 unspecified atom stereocenters. The second kappa shape index (κ2) is 6.75. The molecule has 0 saturated carbocycles. The molecule has 4 N–H and O–H groups in total. The number of hydrogen-bond acceptors (Lipinski definition) is 8. The van der Waals surface area contributed by atoms with Gasteiger partial charge in [0.2, 0.25) is 5.56 Å². The minimum Gasteiger partial charge on any atom is -0.745 e. The Hall–Kier alpha value is -0.290. The molecular weight excluding hydrogens is 266 g/mol. The van der Waals surface area contributed by atoms with Crippen molar-refractivity contribution in [2.75, 3.05) is 19.9 Å². The van der Waals surface area contributed by atoms with E-state index in [0.29, 0.717) is 4.90 Å². The predicted molar refractivity (Wildman–Crippen MR) is 61.0 cm³/mol. The van der Waals surface area contributed by atoms with Crippen LogP contribution in [-0.2, 0) is 10.1 Å². The minimum absolute atomic E-state index is 0.0695. The highest BCUT2D eigenvalue weighted by Gasteiger charge is 2.41. The van der Waals surface area contributed by atoms with Crippen LogP contribution in [0.1, 0.15) is 20.3 Å². The third-order valence-corrected chi connectivity index (χ3v) is 3.43. The average molecular weight is 286 g/mol. The van der Waals surface area contributed by atoms with Crippen LogP contribution >= 0.6 is 0 Å². The lowest BCUT2D eigenvalue weighted by atomic mass is 9.89. The maximum absolute atomic E-state index is 10.8. The SMILES string of the molecule is CC(C)CC(CO)(CO)N(CO)C(O)S(=O)(=O)[O-]. The summed E-state index contributed by atoms with van der Waals surface area (Å²) < 4.78 is 32.3. The van der Waals surface area contributed by atoms with Crippen molar-refractivity contribution < 1.29 is 33.4 Å². The molecule has 0 rings (SSSR count). The zero-order chi connectivity index (χ0) is 14.6. The fraction of sp³-hybridized carbons (Fsp3) is 1.00. The first-order valence-electron chi connectivity index (χ1n) is 5.36. The molecule has 0 heterocycles. The number of aliphatic hydroxyl groups excluding tert-OH is 4. The molecule has 8 nitrogen and oxygen atoms in total. The highest BCUT2D eigenvalue weighted by Crippen LogP contribution is 2.26. The molecule has 0 aliphatic rings. The van der Waals surface area contributed by atoms with E-state index in [4.69, 9.17) is 5.11 Å². The van der Waals surface area contributed by atoms with Gasteiger partial charge in [-0.1, -0.05) is 13.8 Å². The summed E-state index contributed by atoms with van der Waals surface area (Å²) >= 11 is 0. The van der Waals surface area contributed by atoms with Gasteiger partial charge in [0.25, 0.3) is 0 Å². The lowest BCUT2D eigenvalue weighted by molar-refractivity contribution is -0.121. The summed E-state index contributed by atoms with van der Waals surface area (Å²) in [5.41, 5.74) is -4.11. The van der Waals surface area contributed by atoms with Gasteiger partial charge in [-0.25, -0.2) is 13.3 Å². The molecule has 0 aromatic carbocycles. The lowest BCUT2D eigenvalue weighted by Crippen LogP contribution is -2.61. The molecule has 0 bridgehead atoms.